The Morgan fingerprint density at radius 1 is 1.06 bits per heavy atom. The van der Waals surface area contributed by atoms with Gasteiger partial charge in [-0.05, 0) is 42.0 Å². The monoisotopic (exact) mass is 293 g/mol. The molecule has 4 heteroatoms. The summed E-state index contributed by atoms with van der Waals surface area (Å²) in [6, 6.07) is 15.1. The molecule has 0 saturated carbocycles. The van der Waals surface area contributed by atoms with E-state index in [0.717, 1.165) is 21.2 Å². The number of nitrogens with zero attached hydrogens (tertiary/aromatic N) is 1. The SMILES string of the molecule is N#Cc1ccc(CSc2ccc(Cl)cc2)c(Cl)c1. The van der Waals surface area contributed by atoms with E-state index < -0.39 is 0 Å². The van der Waals surface area contributed by atoms with Crippen LogP contribution in [0.3, 0.4) is 0 Å². The van der Waals surface area contributed by atoms with Gasteiger partial charge in [0.2, 0.25) is 0 Å². The standard InChI is InChI=1S/C14H9Cl2NS/c15-12-3-5-13(6-4-12)18-9-11-2-1-10(8-17)7-14(11)16/h1-7H,9H2. The summed E-state index contributed by atoms with van der Waals surface area (Å²) in [6.45, 7) is 0. The minimum atomic E-state index is 0.584. The van der Waals surface area contributed by atoms with Crippen molar-refractivity contribution in [2.45, 2.75) is 10.6 Å². The van der Waals surface area contributed by atoms with E-state index in [1.807, 2.05) is 30.3 Å². The van der Waals surface area contributed by atoms with Crippen LogP contribution in [0.2, 0.25) is 10.0 Å². The van der Waals surface area contributed by atoms with Crippen molar-refractivity contribution in [1.82, 2.24) is 0 Å². The fourth-order valence-electron chi connectivity index (χ4n) is 1.43. The molecule has 0 N–H and O–H groups in total. The van der Waals surface area contributed by atoms with Crippen molar-refractivity contribution in [2.75, 3.05) is 0 Å². The number of nitriles is 1. The fraction of sp³-hybridized carbons (Fsp3) is 0.0714. The molecule has 2 aromatic rings. The first-order chi connectivity index (χ1) is 8.69. The predicted molar refractivity (Wildman–Crippen MR) is 77.2 cm³/mol. The molecule has 0 atom stereocenters. The molecular weight excluding hydrogens is 285 g/mol. The molecule has 0 radical (unpaired) electrons. The van der Waals surface area contributed by atoms with Gasteiger partial charge < -0.3 is 0 Å². The van der Waals surface area contributed by atoms with Crippen LogP contribution < -0.4 is 0 Å². The lowest BCUT2D eigenvalue weighted by Crippen LogP contribution is -1.84. The predicted octanol–water partition coefficient (Wildman–Crippen LogP) is 5.16. The van der Waals surface area contributed by atoms with E-state index in [9.17, 15) is 0 Å². The molecule has 0 bridgehead atoms. The highest BCUT2D eigenvalue weighted by Crippen LogP contribution is 2.28. The van der Waals surface area contributed by atoms with Crippen LogP contribution >= 0.6 is 35.0 Å². The van der Waals surface area contributed by atoms with Crippen molar-refractivity contribution in [3.63, 3.8) is 0 Å². The van der Waals surface area contributed by atoms with E-state index in [4.69, 9.17) is 28.5 Å². The summed E-state index contributed by atoms with van der Waals surface area (Å²) in [5, 5.41) is 10.1. The van der Waals surface area contributed by atoms with Gasteiger partial charge in [-0.3, -0.25) is 0 Å². The van der Waals surface area contributed by atoms with Gasteiger partial charge in [0.1, 0.15) is 0 Å². The van der Waals surface area contributed by atoms with Gasteiger partial charge in [-0.1, -0.05) is 29.3 Å². The average molecular weight is 294 g/mol. The van der Waals surface area contributed by atoms with Gasteiger partial charge >= 0.3 is 0 Å². The summed E-state index contributed by atoms with van der Waals surface area (Å²) in [5.74, 6) is 0.770. The average Bonchev–Trinajstić information content (AvgIpc) is 2.39. The third kappa shape index (κ3) is 3.43. The van der Waals surface area contributed by atoms with Gasteiger partial charge in [-0.25, -0.2) is 0 Å². The first-order valence-corrected chi connectivity index (χ1v) is 7.00. The number of halogens is 2. The second-order valence-corrected chi connectivity index (χ2v) is 5.55. The Bertz CT molecular complexity index is 588. The fourth-order valence-corrected chi connectivity index (χ4v) is 2.78. The topological polar surface area (TPSA) is 23.8 Å². The number of rotatable bonds is 3. The second kappa shape index (κ2) is 6.15. The van der Waals surface area contributed by atoms with Crippen LogP contribution in [0.1, 0.15) is 11.1 Å². The number of thioether (sulfide) groups is 1. The Kier molecular flexibility index (Phi) is 4.54. The van der Waals surface area contributed by atoms with E-state index >= 15 is 0 Å². The molecular formula is C14H9Cl2NS. The summed E-state index contributed by atoms with van der Waals surface area (Å²) in [4.78, 5) is 1.14. The Labute approximate surface area is 120 Å². The maximum absolute atomic E-state index is 8.76. The molecule has 0 aromatic heterocycles. The Morgan fingerprint density at radius 3 is 2.39 bits per heavy atom. The summed E-state index contributed by atoms with van der Waals surface area (Å²) in [7, 11) is 0. The van der Waals surface area contributed by atoms with E-state index in [1.165, 1.54) is 0 Å². The number of hydrogen-bond acceptors (Lipinski definition) is 2. The Hall–Kier alpha value is -1.14. The Balaban J connectivity index is 2.06. The number of hydrogen-bond donors (Lipinski definition) is 0. The molecule has 0 heterocycles. The van der Waals surface area contributed by atoms with E-state index in [2.05, 4.69) is 6.07 Å². The quantitative estimate of drug-likeness (QED) is 0.730. The maximum atomic E-state index is 8.76. The van der Waals surface area contributed by atoms with Crippen molar-refractivity contribution in [1.29, 1.82) is 5.26 Å². The minimum Gasteiger partial charge on any atom is -0.192 e. The van der Waals surface area contributed by atoms with Crippen LogP contribution in [0.25, 0.3) is 0 Å². The summed E-state index contributed by atoms with van der Waals surface area (Å²) in [5.41, 5.74) is 1.61. The summed E-state index contributed by atoms with van der Waals surface area (Å²) < 4.78 is 0. The van der Waals surface area contributed by atoms with E-state index in [-0.39, 0.29) is 0 Å². The molecule has 2 aromatic carbocycles. The lowest BCUT2D eigenvalue weighted by Gasteiger charge is -2.05. The molecule has 0 amide bonds. The normalized spacial score (nSPS) is 10.1. The molecule has 0 spiro atoms. The van der Waals surface area contributed by atoms with Crippen molar-refractivity contribution in [3.05, 3.63) is 63.6 Å². The lowest BCUT2D eigenvalue weighted by molar-refractivity contribution is 1.37. The zero-order valence-corrected chi connectivity index (χ0v) is 11.7. The van der Waals surface area contributed by atoms with E-state index in [0.29, 0.717) is 10.6 Å². The second-order valence-electron chi connectivity index (χ2n) is 3.66. The van der Waals surface area contributed by atoms with Crippen LogP contribution in [0.15, 0.2) is 47.4 Å². The maximum Gasteiger partial charge on any atom is 0.0992 e. The highest BCUT2D eigenvalue weighted by Gasteiger charge is 2.03. The highest BCUT2D eigenvalue weighted by molar-refractivity contribution is 7.98. The molecule has 0 aliphatic rings. The minimum absolute atomic E-state index is 0.584. The molecule has 2 rings (SSSR count). The molecule has 0 aliphatic heterocycles. The molecule has 90 valence electrons. The van der Waals surface area contributed by atoms with Crippen LogP contribution in [0, 0.1) is 11.3 Å². The van der Waals surface area contributed by atoms with Crippen molar-refractivity contribution in [3.8, 4) is 6.07 Å². The van der Waals surface area contributed by atoms with E-state index in [1.54, 1.807) is 23.9 Å². The van der Waals surface area contributed by atoms with Crippen LogP contribution in [0.4, 0.5) is 0 Å². The van der Waals surface area contributed by atoms with Gasteiger partial charge in [0.05, 0.1) is 11.6 Å². The highest BCUT2D eigenvalue weighted by atomic mass is 35.5. The molecule has 0 saturated heterocycles. The summed E-state index contributed by atoms with van der Waals surface area (Å²) >= 11 is 13.6. The number of benzene rings is 2. The summed E-state index contributed by atoms with van der Waals surface area (Å²) in [6.07, 6.45) is 0. The zero-order valence-electron chi connectivity index (χ0n) is 9.36. The molecule has 18 heavy (non-hydrogen) atoms. The molecule has 0 fully saturated rings. The largest absolute Gasteiger partial charge is 0.192 e. The van der Waals surface area contributed by atoms with Gasteiger partial charge in [0, 0.05) is 20.7 Å². The van der Waals surface area contributed by atoms with Crippen LogP contribution in [-0.2, 0) is 5.75 Å². The van der Waals surface area contributed by atoms with Gasteiger partial charge in [-0.2, -0.15) is 5.26 Å². The van der Waals surface area contributed by atoms with Crippen molar-refractivity contribution < 1.29 is 0 Å². The van der Waals surface area contributed by atoms with Crippen LogP contribution in [0.5, 0.6) is 0 Å². The van der Waals surface area contributed by atoms with Crippen LogP contribution in [-0.4, -0.2) is 0 Å². The zero-order chi connectivity index (χ0) is 13.0. The third-order valence-corrected chi connectivity index (χ3v) is 4.05. The molecule has 0 unspecified atom stereocenters. The van der Waals surface area contributed by atoms with Crippen molar-refractivity contribution >= 4 is 35.0 Å². The molecule has 1 nitrogen and oxygen atoms in total. The first-order valence-electron chi connectivity index (χ1n) is 5.26. The first kappa shape index (κ1) is 13.3. The third-order valence-electron chi connectivity index (χ3n) is 2.39. The smallest absolute Gasteiger partial charge is 0.0992 e. The van der Waals surface area contributed by atoms with Gasteiger partial charge in [0.15, 0.2) is 0 Å². The van der Waals surface area contributed by atoms with Gasteiger partial charge in [0.25, 0.3) is 0 Å². The van der Waals surface area contributed by atoms with Crippen molar-refractivity contribution in [2.24, 2.45) is 0 Å². The molecule has 0 aliphatic carbocycles. The lowest BCUT2D eigenvalue weighted by atomic mass is 10.2. The Morgan fingerprint density at radius 2 is 1.78 bits per heavy atom. The van der Waals surface area contributed by atoms with Gasteiger partial charge in [-0.15, -0.1) is 11.8 Å².